The zero-order valence-electron chi connectivity index (χ0n) is 7.19. The Balaban J connectivity index is 2.52. The van der Waals surface area contributed by atoms with Crippen molar-refractivity contribution in [2.24, 2.45) is 0 Å². The van der Waals surface area contributed by atoms with Crippen LogP contribution in [0.2, 0.25) is 0 Å². The number of rotatable bonds is 3. The number of carbonyl (C=O) groups excluding carboxylic acids is 1. The van der Waals surface area contributed by atoms with Gasteiger partial charge >= 0.3 is 12.6 Å². The van der Waals surface area contributed by atoms with Crippen molar-refractivity contribution in [1.29, 1.82) is 0 Å². The van der Waals surface area contributed by atoms with Crippen molar-refractivity contribution in [3.05, 3.63) is 42.0 Å². The van der Waals surface area contributed by atoms with Crippen molar-refractivity contribution >= 4 is 12.0 Å². The first-order chi connectivity index (χ1) is 6.68. The summed E-state index contributed by atoms with van der Waals surface area (Å²) in [5.74, 6) is -1.05. The lowest BCUT2D eigenvalue weighted by molar-refractivity contribution is -0.169. The number of esters is 1. The van der Waals surface area contributed by atoms with Gasteiger partial charge in [-0.2, -0.15) is 8.78 Å². The molecule has 0 heterocycles. The molecule has 0 radical (unpaired) electrons. The Bertz CT molecular complexity index is 320. The second-order valence-corrected chi connectivity index (χ2v) is 2.44. The van der Waals surface area contributed by atoms with Crippen LogP contribution in [0.4, 0.5) is 8.78 Å². The first kappa shape index (κ1) is 10.4. The van der Waals surface area contributed by atoms with Crippen molar-refractivity contribution in [2.45, 2.75) is 6.61 Å². The Hall–Kier alpha value is -1.71. The summed E-state index contributed by atoms with van der Waals surface area (Å²) in [6, 6.07) is 8.85. The molecule has 4 heteroatoms. The third kappa shape index (κ3) is 3.80. The fourth-order valence-corrected chi connectivity index (χ4v) is 0.856. The van der Waals surface area contributed by atoms with Gasteiger partial charge in [-0.15, -0.1) is 0 Å². The first-order valence-electron chi connectivity index (χ1n) is 3.90. The highest BCUT2D eigenvalue weighted by atomic mass is 19.3. The summed E-state index contributed by atoms with van der Waals surface area (Å²) in [7, 11) is 0. The molecule has 0 saturated heterocycles. The average molecular weight is 198 g/mol. The summed E-state index contributed by atoms with van der Waals surface area (Å²) in [6.45, 7) is -3.07. The maximum absolute atomic E-state index is 11.5. The van der Waals surface area contributed by atoms with Crippen LogP contribution in [0.25, 0.3) is 6.08 Å². The van der Waals surface area contributed by atoms with Gasteiger partial charge in [-0.25, -0.2) is 4.79 Å². The molecule has 0 bridgehead atoms. The van der Waals surface area contributed by atoms with Crippen LogP contribution < -0.4 is 0 Å². The smallest absolute Gasteiger partial charge is 0.389 e. The molecule has 0 amide bonds. The SMILES string of the molecule is O=C(C=Cc1ccccc1)OC(F)F. The molecule has 0 aliphatic rings. The van der Waals surface area contributed by atoms with E-state index in [9.17, 15) is 13.6 Å². The lowest BCUT2D eigenvalue weighted by Crippen LogP contribution is -2.05. The van der Waals surface area contributed by atoms with Crippen molar-refractivity contribution < 1.29 is 18.3 Å². The zero-order valence-corrected chi connectivity index (χ0v) is 7.19. The van der Waals surface area contributed by atoms with Gasteiger partial charge in [0.1, 0.15) is 0 Å². The first-order valence-corrected chi connectivity index (χ1v) is 3.90. The molecule has 2 nitrogen and oxygen atoms in total. The second kappa shape index (κ2) is 5.11. The van der Waals surface area contributed by atoms with Crippen LogP contribution >= 0.6 is 0 Å². The Labute approximate surface area is 79.8 Å². The lowest BCUT2D eigenvalue weighted by Gasteiger charge is -1.97. The van der Waals surface area contributed by atoms with E-state index in [0.717, 1.165) is 11.6 Å². The van der Waals surface area contributed by atoms with E-state index < -0.39 is 12.6 Å². The second-order valence-electron chi connectivity index (χ2n) is 2.44. The number of hydrogen-bond acceptors (Lipinski definition) is 2. The monoisotopic (exact) mass is 198 g/mol. The molecule has 0 fully saturated rings. The van der Waals surface area contributed by atoms with Crippen molar-refractivity contribution in [2.75, 3.05) is 0 Å². The number of benzene rings is 1. The summed E-state index contributed by atoms with van der Waals surface area (Å²) in [4.78, 5) is 10.6. The molecule has 74 valence electrons. The maximum atomic E-state index is 11.5. The molecule has 1 aromatic carbocycles. The van der Waals surface area contributed by atoms with Crippen LogP contribution in [-0.2, 0) is 9.53 Å². The molecule has 0 N–H and O–H groups in total. The van der Waals surface area contributed by atoms with Gasteiger partial charge < -0.3 is 4.74 Å². The van der Waals surface area contributed by atoms with Gasteiger partial charge in [-0.05, 0) is 11.6 Å². The maximum Gasteiger partial charge on any atom is 0.389 e. The highest BCUT2D eigenvalue weighted by Gasteiger charge is 2.05. The summed E-state index contributed by atoms with van der Waals surface area (Å²) < 4.78 is 26.7. The molecule has 0 atom stereocenters. The minimum absolute atomic E-state index is 0.749. The van der Waals surface area contributed by atoms with Crippen LogP contribution in [-0.4, -0.2) is 12.6 Å². The third-order valence-electron chi connectivity index (χ3n) is 1.42. The fraction of sp³-hybridized carbons (Fsp3) is 0.100. The molecule has 0 aliphatic heterocycles. The van der Waals surface area contributed by atoms with Gasteiger partial charge in [0.15, 0.2) is 0 Å². The molecule has 1 aromatic rings. The van der Waals surface area contributed by atoms with Crippen LogP contribution in [0.15, 0.2) is 36.4 Å². The topological polar surface area (TPSA) is 26.3 Å². The van der Waals surface area contributed by atoms with E-state index in [4.69, 9.17) is 0 Å². The molecule has 1 rings (SSSR count). The summed E-state index contributed by atoms with van der Waals surface area (Å²) in [5, 5.41) is 0. The number of carbonyl (C=O) groups is 1. The predicted octanol–water partition coefficient (Wildman–Crippen LogP) is 2.47. The number of halogens is 2. The van der Waals surface area contributed by atoms with Gasteiger partial charge in [-0.3, -0.25) is 0 Å². The minimum Gasteiger partial charge on any atom is -0.400 e. The molecule has 0 aliphatic carbocycles. The van der Waals surface area contributed by atoms with Gasteiger partial charge in [0.05, 0.1) is 0 Å². The Morgan fingerprint density at radius 1 is 1.29 bits per heavy atom. The largest absolute Gasteiger partial charge is 0.400 e. The summed E-state index contributed by atoms with van der Waals surface area (Å²) >= 11 is 0. The van der Waals surface area contributed by atoms with E-state index in [1.165, 1.54) is 6.08 Å². The minimum atomic E-state index is -3.07. The molecule has 0 spiro atoms. The van der Waals surface area contributed by atoms with Gasteiger partial charge in [-0.1, -0.05) is 30.3 Å². The predicted molar refractivity (Wildman–Crippen MR) is 47.6 cm³/mol. The summed E-state index contributed by atoms with van der Waals surface area (Å²) in [6.07, 6.45) is 2.37. The van der Waals surface area contributed by atoms with E-state index in [1.54, 1.807) is 24.3 Å². The lowest BCUT2D eigenvalue weighted by atomic mass is 10.2. The highest BCUT2D eigenvalue weighted by molar-refractivity contribution is 5.87. The normalized spacial score (nSPS) is 10.8. The van der Waals surface area contributed by atoms with E-state index >= 15 is 0 Å². The Kier molecular flexibility index (Phi) is 3.79. The Morgan fingerprint density at radius 3 is 2.50 bits per heavy atom. The van der Waals surface area contributed by atoms with Gasteiger partial charge in [0.25, 0.3) is 0 Å². The quantitative estimate of drug-likeness (QED) is 0.550. The molecular weight excluding hydrogens is 190 g/mol. The number of hydrogen-bond donors (Lipinski definition) is 0. The van der Waals surface area contributed by atoms with E-state index in [0.29, 0.717) is 0 Å². The third-order valence-corrected chi connectivity index (χ3v) is 1.42. The molecular formula is C10H8F2O2. The molecule has 0 unspecified atom stereocenters. The number of ether oxygens (including phenoxy) is 1. The van der Waals surface area contributed by atoms with E-state index in [-0.39, 0.29) is 0 Å². The van der Waals surface area contributed by atoms with Crippen LogP contribution in [0, 0.1) is 0 Å². The van der Waals surface area contributed by atoms with Gasteiger partial charge in [0.2, 0.25) is 0 Å². The van der Waals surface area contributed by atoms with Crippen molar-refractivity contribution in [3.8, 4) is 0 Å². The van der Waals surface area contributed by atoms with Crippen molar-refractivity contribution in [1.82, 2.24) is 0 Å². The van der Waals surface area contributed by atoms with E-state index in [2.05, 4.69) is 4.74 Å². The standard InChI is InChI=1S/C10H8F2O2/c11-10(12)14-9(13)7-6-8-4-2-1-3-5-8/h1-7,10H. The Morgan fingerprint density at radius 2 is 1.93 bits per heavy atom. The highest BCUT2D eigenvalue weighted by Crippen LogP contribution is 2.02. The van der Waals surface area contributed by atoms with E-state index in [1.807, 2.05) is 6.07 Å². The summed E-state index contributed by atoms with van der Waals surface area (Å²) in [5.41, 5.74) is 0.749. The average Bonchev–Trinajstić information content (AvgIpc) is 2.15. The fourth-order valence-electron chi connectivity index (χ4n) is 0.856. The zero-order chi connectivity index (χ0) is 10.4. The van der Waals surface area contributed by atoms with Crippen LogP contribution in [0.5, 0.6) is 0 Å². The number of alkyl halides is 2. The van der Waals surface area contributed by atoms with Crippen molar-refractivity contribution in [3.63, 3.8) is 0 Å². The molecule has 0 saturated carbocycles. The van der Waals surface area contributed by atoms with Crippen LogP contribution in [0.3, 0.4) is 0 Å². The molecule has 0 aromatic heterocycles. The molecule has 14 heavy (non-hydrogen) atoms. The van der Waals surface area contributed by atoms with Crippen LogP contribution in [0.1, 0.15) is 5.56 Å². The van der Waals surface area contributed by atoms with Gasteiger partial charge in [0, 0.05) is 6.08 Å².